The summed E-state index contributed by atoms with van der Waals surface area (Å²) in [7, 11) is 0. The summed E-state index contributed by atoms with van der Waals surface area (Å²) < 4.78 is 0. The van der Waals surface area contributed by atoms with Gasteiger partial charge in [0.15, 0.2) is 5.95 Å². The van der Waals surface area contributed by atoms with Crippen molar-refractivity contribution >= 4 is 5.95 Å². The zero-order valence-electron chi connectivity index (χ0n) is 7.49. The van der Waals surface area contributed by atoms with Crippen LogP contribution in [-0.4, -0.2) is 9.97 Å². The number of hydrogen-bond acceptors (Lipinski definition) is 2. The molecule has 0 aliphatic heterocycles. The fourth-order valence-electron chi connectivity index (χ4n) is 1.23. The summed E-state index contributed by atoms with van der Waals surface area (Å²) in [4.78, 5) is 6.86. The van der Waals surface area contributed by atoms with E-state index in [1.165, 1.54) is 0 Å². The van der Waals surface area contributed by atoms with Gasteiger partial charge in [0.2, 0.25) is 0 Å². The Kier molecular flexibility index (Phi) is 1.96. The van der Waals surface area contributed by atoms with Crippen LogP contribution in [0.3, 0.4) is 0 Å². The van der Waals surface area contributed by atoms with E-state index < -0.39 is 0 Å². The highest BCUT2D eigenvalue weighted by Gasteiger charge is 1.99. The van der Waals surface area contributed by atoms with Crippen LogP contribution in [0, 0.1) is 12.3 Å². The van der Waals surface area contributed by atoms with Gasteiger partial charge in [-0.3, -0.25) is 0 Å². The molecule has 3 N–H and O–H groups in total. The summed E-state index contributed by atoms with van der Waals surface area (Å²) in [5.41, 5.74) is 8.25. The molecule has 1 aromatic carbocycles. The van der Waals surface area contributed by atoms with Crippen LogP contribution in [0.2, 0.25) is 0 Å². The fourth-order valence-corrected chi connectivity index (χ4v) is 1.23. The molecule has 3 heteroatoms. The molecule has 0 radical (unpaired) electrons. The van der Waals surface area contributed by atoms with Crippen molar-refractivity contribution in [2.45, 2.75) is 0 Å². The molecule has 0 fully saturated rings. The van der Waals surface area contributed by atoms with E-state index in [-0.39, 0.29) is 0 Å². The Balaban J connectivity index is 2.39. The maximum absolute atomic E-state index is 5.47. The Morgan fingerprint density at radius 1 is 1.29 bits per heavy atom. The van der Waals surface area contributed by atoms with Crippen molar-refractivity contribution in [3.05, 3.63) is 36.0 Å². The van der Waals surface area contributed by atoms with Crippen molar-refractivity contribution in [1.82, 2.24) is 9.97 Å². The molecule has 14 heavy (non-hydrogen) atoms. The fraction of sp³-hybridized carbons (Fsp3) is 0. The number of nitrogens with one attached hydrogen (secondary N) is 1. The first-order chi connectivity index (χ1) is 6.79. The monoisotopic (exact) mass is 183 g/mol. The van der Waals surface area contributed by atoms with Gasteiger partial charge in [-0.15, -0.1) is 6.42 Å². The van der Waals surface area contributed by atoms with Crippen LogP contribution in [-0.2, 0) is 0 Å². The van der Waals surface area contributed by atoms with Crippen LogP contribution < -0.4 is 5.73 Å². The number of rotatable bonds is 1. The number of benzene rings is 1. The minimum absolute atomic E-state index is 0.418. The second-order valence-corrected chi connectivity index (χ2v) is 2.90. The first kappa shape index (κ1) is 8.39. The predicted octanol–water partition coefficient (Wildman–Crippen LogP) is 1.64. The van der Waals surface area contributed by atoms with Gasteiger partial charge >= 0.3 is 0 Å². The molecule has 0 aliphatic rings. The van der Waals surface area contributed by atoms with E-state index in [0.717, 1.165) is 16.8 Å². The molecule has 0 amide bonds. The van der Waals surface area contributed by atoms with Gasteiger partial charge in [-0.25, -0.2) is 4.98 Å². The minimum atomic E-state index is 0.418. The summed E-state index contributed by atoms with van der Waals surface area (Å²) in [5, 5.41) is 0. The molecule has 0 saturated carbocycles. The van der Waals surface area contributed by atoms with Crippen molar-refractivity contribution in [2.75, 3.05) is 5.73 Å². The van der Waals surface area contributed by atoms with E-state index in [9.17, 15) is 0 Å². The number of aromatic amines is 1. The zero-order valence-corrected chi connectivity index (χ0v) is 7.49. The summed E-state index contributed by atoms with van der Waals surface area (Å²) in [6, 6.07) is 7.63. The molecule has 0 atom stereocenters. The number of H-pyrrole nitrogens is 1. The Hall–Kier alpha value is -2.21. The molecule has 0 unspecified atom stereocenters. The van der Waals surface area contributed by atoms with Crippen LogP contribution in [0.5, 0.6) is 0 Å². The normalized spacial score (nSPS) is 9.64. The Bertz CT molecular complexity index is 474. The van der Waals surface area contributed by atoms with Crippen molar-refractivity contribution < 1.29 is 0 Å². The van der Waals surface area contributed by atoms with E-state index in [1.807, 2.05) is 24.3 Å². The van der Waals surface area contributed by atoms with Crippen LogP contribution in [0.25, 0.3) is 11.3 Å². The molecule has 2 aromatic rings. The van der Waals surface area contributed by atoms with E-state index in [4.69, 9.17) is 12.2 Å². The van der Waals surface area contributed by atoms with Gasteiger partial charge in [0, 0.05) is 5.56 Å². The number of hydrogen-bond donors (Lipinski definition) is 2. The summed E-state index contributed by atoms with van der Waals surface area (Å²) in [5.74, 6) is 2.98. The van der Waals surface area contributed by atoms with Crippen LogP contribution in [0.1, 0.15) is 5.56 Å². The Labute approximate surface area is 82.0 Å². The van der Waals surface area contributed by atoms with Gasteiger partial charge in [-0.05, 0) is 17.7 Å². The number of terminal acetylenes is 1. The lowest BCUT2D eigenvalue weighted by Gasteiger charge is -1.96. The SMILES string of the molecule is C#Cc1ccc(-c2cnc(N)[nH]2)cc1. The Morgan fingerprint density at radius 2 is 2.00 bits per heavy atom. The molecular formula is C11H9N3. The highest BCUT2D eigenvalue weighted by molar-refractivity contribution is 5.61. The summed E-state index contributed by atoms with van der Waals surface area (Å²) in [6.45, 7) is 0. The van der Waals surface area contributed by atoms with Gasteiger partial charge in [-0.2, -0.15) is 0 Å². The van der Waals surface area contributed by atoms with Gasteiger partial charge in [-0.1, -0.05) is 18.1 Å². The third kappa shape index (κ3) is 1.46. The molecule has 0 spiro atoms. The van der Waals surface area contributed by atoms with Gasteiger partial charge in [0.05, 0.1) is 11.9 Å². The van der Waals surface area contributed by atoms with Crippen LogP contribution >= 0.6 is 0 Å². The number of nitrogens with zero attached hydrogens (tertiary/aromatic N) is 1. The molecule has 0 aliphatic carbocycles. The highest BCUT2D eigenvalue weighted by atomic mass is 15.0. The highest BCUT2D eigenvalue weighted by Crippen LogP contribution is 2.17. The number of aromatic nitrogens is 2. The van der Waals surface area contributed by atoms with E-state index in [0.29, 0.717) is 5.95 Å². The van der Waals surface area contributed by atoms with Gasteiger partial charge < -0.3 is 10.7 Å². The van der Waals surface area contributed by atoms with Crippen molar-refractivity contribution in [1.29, 1.82) is 0 Å². The van der Waals surface area contributed by atoms with E-state index in [1.54, 1.807) is 6.20 Å². The quantitative estimate of drug-likeness (QED) is 0.660. The average Bonchev–Trinajstić information content (AvgIpc) is 2.65. The van der Waals surface area contributed by atoms with Crippen molar-refractivity contribution in [2.24, 2.45) is 0 Å². The molecule has 0 saturated heterocycles. The molecule has 2 rings (SSSR count). The topological polar surface area (TPSA) is 54.7 Å². The first-order valence-electron chi connectivity index (χ1n) is 4.17. The molecule has 3 nitrogen and oxygen atoms in total. The second-order valence-electron chi connectivity index (χ2n) is 2.90. The maximum atomic E-state index is 5.47. The number of nitrogens with two attached hydrogens (primary N) is 1. The third-order valence-electron chi connectivity index (χ3n) is 1.96. The minimum Gasteiger partial charge on any atom is -0.369 e. The lowest BCUT2D eigenvalue weighted by Crippen LogP contribution is -1.85. The zero-order chi connectivity index (χ0) is 9.97. The lowest BCUT2D eigenvalue weighted by molar-refractivity contribution is 1.33. The Morgan fingerprint density at radius 3 is 2.50 bits per heavy atom. The second kappa shape index (κ2) is 3.27. The standard InChI is InChI=1S/C11H9N3/c1-2-8-3-5-9(6-4-8)10-7-13-11(12)14-10/h1,3-7H,(H3,12,13,14). The third-order valence-corrected chi connectivity index (χ3v) is 1.96. The molecule has 68 valence electrons. The number of imidazole rings is 1. The number of anilines is 1. The summed E-state index contributed by atoms with van der Waals surface area (Å²) in [6.07, 6.45) is 6.95. The smallest absolute Gasteiger partial charge is 0.197 e. The molecule has 0 bridgehead atoms. The maximum Gasteiger partial charge on any atom is 0.197 e. The van der Waals surface area contributed by atoms with Crippen molar-refractivity contribution in [3.63, 3.8) is 0 Å². The van der Waals surface area contributed by atoms with Gasteiger partial charge in [0.25, 0.3) is 0 Å². The predicted molar refractivity (Wildman–Crippen MR) is 56.4 cm³/mol. The van der Waals surface area contributed by atoms with E-state index >= 15 is 0 Å². The molecule has 1 heterocycles. The van der Waals surface area contributed by atoms with E-state index in [2.05, 4.69) is 15.9 Å². The first-order valence-corrected chi connectivity index (χ1v) is 4.17. The molecular weight excluding hydrogens is 174 g/mol. The largest absolute Gasteiger partial charge is 0.369 e. The lowest BCUT2D eigenvalue weighted by atomic mass is 10.1. The van der Waals surface area contributed by atoms with Crippen molar-refractivity contribution in [3.8, 4) is 23.6 Å². The van der Waals surface area contributed by atoms with Gasteiger partial charge in [0.1, 0.15) is 0 Å². The summed E-state index contributed by atoms with van der Waals surface area (Å²) >= 11 is 0. The average molecular weight is 183 g/mol. The number of nitrogen functional groups attached to an aromatic ring is 1. The van der Waals surface area contributed by atoms with Crippen LogP contribution in [0.4, 0.5) is 5.95 Å². The van der Waals surface area contributed by atoms with Crippen LogP contribution in [0.15, 0.2) is 30.5 Å². The molecule has 1 aromatic heterocycles.